The minimum atomic E-state index is -0.608. The van der Waals surface area contributed by atoms with Gasteiger partial charge in [-0.2, -0.15) is 0 Å². The van der Waals surface area contributed by atoms with Crippen molar-refractivity contribution in [1.29, 1.82) is 0 Å². The molecule has 1 aromatic rings. The number of carbonyl (C=O) groups is 3. The third kappa shape index (κ3) is 5.94. The van der Waals surface area contributed by atoms with E-state index in [4.69, 9.17) is 15.2 Å². The molecule has 2 atom stereocenters. The number of hydrogen-bond donors (Lipinski definition) is 1. The third-order valence-corrected chi connectivity index (χ3v) is 6.59. The van der Waals surface area contributed by atoms with Gasteiger partial charge in [0.15, 0.2) is 6.10 Å². The number of ether oxygens (including phenoxy) is 2. The van der Waals surface area contributed by atoms with Crippen LogP contribution in [-0.2, 0) is 16.0 Å². The highest BCUT2D eigenvalue weighted by molar-refractivity contribution is 6.03. The van der Waals surface area contributed by atoms with Crippen molar-refractivity contribution in [3.63, 3.8) is 0 Å². The Morgan fingerprint density at radius 1 is 1.28 bits per heavy atom. The lowest BCUT2D eigenvalue weighted by Gasteiger charge is -2.42. The zero-order valence-electron chi connectivity index (χ0n) is 22.8. The predicted octanol–water partition coefficient (Wildman–Crippen LogP) is 3.57. The molecule has 9 nitrogen and oxygen atoms in total. The largest absolute Gasteiger partial charge is 0.479 e. The number of nitrogens with zero attached hydrogens (tertiary/aromatic N) is 3. The molecule has 1 fully saturated rings. The summed E-state index contributed by atoms with van der Waals surface area (Å²) in [4.78, 5) is 44.8. The van der Waals surface area contributed by atoms with Gasteiger partial charge in [-0.05, 0) is 78.5 Å². The molecule has 3 rings (SSSR count). The summed E-state index contributed by atoms with van der Waals surface area (Å²) in [6.07, 6.45) is 1.26. The van der Waals surface area contributed by atoms with E-state index in [1.165, 1.54) is 0 Å². The molecule has 1 saturated heterocycles. The Morgan fingerprint density at radius 2 is 1.97 bits per heavy atom. The molecule has 2 N–H and O–H groups in total. The number of benzene rings is 1. The van der Waals surface area contributed by atoms with Gasteiger partial charge in [0.1, 0.15) is 11.4 Å². The van der Waals surface area contributed by atoms with Crippen molar-refractivity contribution in [2.24, 2.45) is 5.73 Å². The Bertz CT molecular complexity index is 987. The zero-order chi connectivity index (χ0) is 26.8. The molecule has 0 aromatic heterocycles. The lowest BCUT2D eigenvalue weighted by atomic mass is 9.97. The first-order valence-corrected chi connectivity index (χ1v) is 13.0. The van der Waals surface area contributed by atoms with Crippen LogP contribution < -0.4 is 15.4 Å². The SMILES string of the molecule is CCc1cc2c(cc1C(=O)N(C(C)C)[C@@H]1CCCN(C(=O)OC(C)(C)C)C1)N(CCN)C(=O)[C@@H](C)O2. The average molecular weight is 503 g/mol. The highest BCUT2D eigenvalue weighted by Gasteiger charge is 2.37. The monoisotopic (exact) mass is 502 g/mol. The van der Waals surface area contributed by atoms with Gasteiger partial charge in [-0.3, -0.25) is 9.59 Å². The van der Waals surface area contributed by atoms with E-state index in [1.807, 2.05) is 52.5 Å². The van der Waals surface area contributed by atoms with Gasteiger partial charge in [-0.15, -0.1) is 0 Å². The number of likely N-dealkylation sites (tertiary alicyclic amines) is 1. The Kier molecular flexibility index (Phi) is 8.54. The van der Waals surface area contributed by atoms with Crippen LogP contribution in [0.4, 0.5) is 10.5 Å². The molecule has 0 spiro atoms. The number of amides is 3. The molecular weight excluding hydrogens is 460 g/mol. The van der Waals surface area contributed by atoms with E-state index in [0.29, 0.717) is 49.6 Å². The first-order chi connectivity index (χ1) is 16.9. The standard InChI is InChI=1S/C27H42N4O5/c1-8-19-14-23-22(30(13-11-28)24(32)18(4)35-23)15-21(19)25(33)31(17(2)3)20-10-9-12-29(16-20)26(34)36-27(5,6)7/h14-15,17-18,20H,8-13,16,28H2,1-7H3/t18-,20-/m1/s1. The fourth-order valence-corrected chi connectivity index (χ4v) is 4.98. The first kappa shape index (κ1) is 27.8. The van der Waals surface area contributed by atoms with E-state index in [-0.39, 0.29) is 30.0 Å². The summed E-state index contributed by atoms with van der Waals surface area (Å²) in [6.45, 7) is 14.9. The van der Waals surface area contributed by atoms with E-state index in [0.717, 1.165) is 18.4 Å². The summed E-state index contributed by atoms with van der Waals surface area (Å²) < 4.78 is 11.5. The van der Waals surface area contributed by atoms with Crippen molar-refractivity contribution in [1.82, 2.24) is 9.80 Å². The van der Waals surface area contributed by atoms with Crippen LogP contribution in [0.25, 0.3) is 0 Å². The molecule has 0 radical (unpaired) electrons. The van der Waals surface area contributed by atoms with Crippen LogP contribution in [0.1, 0.15) is 77.2 Å². The van der Waals surface area contributed by atoms with Gasteiger partial charge in [-0.25, -0.2) is 4.79 Å². The number of nitrogens with two attached hydrogens (primary N) is 1. The van der Waals surface area contributed by atoms with Gasteiger partial charge >= 0.3 is 6.09 Å². The Hall–Kier alpha value is -2.81. The van der Waals surface area contributed by atoms with Gasteiger partial charge < -0.3 is 29.9 Å². The minimum absolute atomic E-state index is 0.0834. The number of hydrogen-bond acceptors (Lipinski definition) is 6. The number of rotatable bonds is 6. The second-order valence-corrected chi connectivity index (χ2v) is 10.9. The molecule has 1 aromatic carbocycles. The van der Waals surface area contributed by atoms with E-state index in [9.17, 15) is 14.4 Å². The Morgan fingerprint density at radius 3 is 2.56 bits per heavy atom. The third-order valence-electron chi connectivity index (χ3n) is 6.59. The second kappa shape index (κ2) is 11.1. The number of aryl methyl sites for hydroxylation is 1. The van der Waals surface area contributed by atoms with Crippen molar-refractivity contribution in [2.75, 3.05) is 31.1 Å². The van der Waals surface area contributed by atoms with Gasteiger partial charge in [0.25, 0.3) is 11.8 Å². The molecule has 200 valence electrons. The molecule has 2 heterocycles. The number of fused-ring (bicyclic) bond motifs is 1. The lowest BCUT2D eigenvalue weighted by molar-refractivity contribution is -0.125. The van der Waals surface area contributed by atoms with E-state index < -0.39 is 11.7 Å². The predicted molar refractivity (Wildman–Crippen MR) is 139 cm³/mol. The fraction of sp³-hybridized carbons (Fsp3) is 0.667. The van der Waals surface area contributed by atoms with E-state index >= 15 is 0 Å². The van der Waals surface area contributed by atoms with Crippen LogP contribution in [0.15, 0.2) is 12.1 Å². The van der Waals surface area contributed by atoms with Gasteiger partial charge in [-0.1, -0.05) is 6.92 Å². The zero-order valence-corrected chi connectivity index (χ0v) is 22.8. The summed E-state index contributed by atoms with van der Waals surface area (Å²) in [7, 11) is 0. The lowest BCUT2D eigenvalue weighted by Crippen LogP contribution is -2.54. The maximum atomic E-state index is 14.1. The number of anilines is 1. The first-order valence-electron chi connectivity index (χ1n) is 13.0. The Balaban J connectivity index is 1.95. The quantitative estimate of drug-likeness (QED) is 0.638. The molecule has 9 heteroatoms. The van der Waals surface area contributed by atoms with E-state index in [2.05, 4.69) is 0 Å². The second-order valence-electron chi connectivity index (χ2n) is 10.9. The van der Waals surface area contributed by atoms with Gasteiger partial charge in [0, 0.05) is 37.8 Å². The molecular formula is C27H42N4O5. The maximum absolute atomic E-state index is 14.1. The smallest absolute Gasteiger partial charge is 0.410 e. The molecule has 36 heavy (non-hydrogen) atoms. The minimum Gasteiger partial charge on any atom is -0.479 e. The van der Waals surface area contributed by atoms with Crippen molar-refractivity contribution in [2.45, 2.75) is 91.5 Å². The van der Waals surface area contributed by atoms with Crippen molar-refractivity contribution >= 4 is 23.6 Å². The molecule has 2 aliphatic heterocycles. The van der Waals surface area contributed by atoms with Crippen LogP contribution in [0.5, 0.6) is 5.75 Å². The van der Waals surface area contributed by atoms with Crippen LogP contribution >= 0.6 is 0 Å². The molecule has 0 unspecified atom stereocenters. The summed E-state index contributed by atoms with van der Waals surface area (Å²) in [6, 6.07) is 3.43. The molecule has 3 amide bonds. The van der Waals surface area contributed by atoms with Crippen LogP contribution in [0.3, 0.4) is 0 Å². The van der Waals surface area contributed by atoms with Crippen LogP contribution in [0.2, 0.25) is 0 Å². The van der Waals surface area contributed by atoms with Crippen LogP contribution in [-0.4, -0.2) is 77.7 Å². The topological polar surface area (TPSA) is 105 Å². The summed E-state index contributed by atoms with van der Waals surface area (Å²) in [5.41, 5.74) is 7.19. The van der Waals surface area contributed by atoms with Crippen molar-refractivity contribution in [3.8, 4) is 5.75 Å². The number of carbonyl (C=O) groups excluding carboxylic acids is 3. The van der Waals surface area contributed by atoms with Crippen molar-refractivity contribution < 1.29 is 23.9 Å². The highest BCUT2D eigenvalue weighted by atomic mass is 16.6. The maximum Gasteiger partial charge on any atom is 0.410 e. The molecule has 2 aliphatic rings. The summed E-state index contributed by atoms with van der Waals surface area (Å²) >= 11 is 0. The van der Waals surface area contributed by atoms with E-state index in [1.54, 1.807) is 22.8 Å². The number of piperidine rings is 1. The molecule has 0 saturated carbocycles. The van der Waals surface area contributed by atoms with Crippen LogP contribution in [0, 0.1) is 0 Å². The highest BCUT2D eigenvalue weighted by Crippen LogP contribution is 2.37. The molecule has 0 bridgehead atoms. The fourth-order valence-electron chi connectivity index (χ4n) is 4.98. The van der Waals surface area contributed by atoms with Crippen molar-refractivity contribution in [3.05, 3.63) is 23.3 Å². The van der Waals surface area contributed by atoms with Gasteiger partial charge in [0.2, 0.25) is 0 Å². The Labute approximate surface area is 214 Å². The summed E-state index contributed by atoms with van der Waals surface area (Å²) in [5.74, 6) is 0.310. The molecule has 0 aliphatic carbocycles. The van der Waals surface area contributed by atoms with Gasteiger partial charge in [0.05, 0.1) is 11.7 Å². The normalized spacial score (nSPS) is 20.2. The average Bonchev–Trinajstić information content (AvgIpc) is 2.80. The summed E-state index contributed by atoms with van der Waals surface area (Å²) in [5, 5.41) is 0.